The molecular weight excluding hydrogens is 439 g/mol. The lowest BCUT2D eigenvalue weighted by molar-refractivity contribution is 0.0940. The lowest BCUT2D eigenvalue weighted by Crippen LogP contribution is -2.30. The second-order valence-electron chi connectivity index (χ2n) is 4.62. The molecule has 2 aliphatic carbocycles. The summed E-state index contributed by atoms with van der Waals surface area (Å²) in [6.45, 7) is 0.144. The average Bonchev–Trinajstić information content (AvgIpc) is 2.76. The number of alkyl halides is 3. The van der Waals surface area contributed by atoms with Gasteiger partial charge in [-0.1, -0.05) is 27.7 Å². The molecule has 2 nitrogen and oxygen atoms in total. The molecule has 98 valence electrons. The number of hydrogen-bond acceptors (Lipinski definition) is 2. The molecule has 0 N–H and O–H groups in total. The van der Waals surface area contributed by atoms with Crippen molar-refractivity contribution in [1.82, 2.24) is 4.90 Å². The smallest absolute Gasteiger partial charge is 0.286 e. The highest BCUT2D eigenvalue weighted by Gasteiger charge is 2.58. The SMILES string of the molecule is O=C1SC2C(=CC=C(I)C2Br)N1CC1CC1(F)F. The fourth-order valence-electron chi connectivity index (χ4n) is 2.16. The topological polar surface area (TPSA) is 20.3 Å². The molecule has 3 atom stereocenters. The number of carbonyl (C=O) groups excluding carboxylic acids is 1. The first-order valence-corrected chi connectivity index (χ1v) is 8.35. The lowest BCUT2D eigenvalue weighted by Gasteiger charge is -2.24. The summed E-state index contributed by atoms with van der Waals surface area (Å²) in [4.78, 5) is 13.5. The third kappa shape index (κ3) is 2.15. The van der Waals surface area contributed by atoms with E-state index in [9.17, 15) is 13.6 Å². The van der Waals surface area contributed by atoms with Gasteiger partial charge >= 0.3 is 0 Å². The minimum absolute atomic E-state index is 0.0155. The van der Waals surface area contributed by atoms with E-state index in [1.54, 1.807) is 0 Å². The minimum Gasteiger partial charge on any atom is -0.305 e. The molecule has 0 aromatic carbocycles. The van der Waals surface area contributed by atoms with Crippen molar-refractivity contribution in [2.75, 3.05) is 6.54 Å². The lowest BCUT2D eigenvalue weighted by atomic mass is 10.1. The number of nitrogens with zero attached hydrogens (tertiary/aromatic N) is 1. The van der Waals surface area contributed by atoms with Gasteiger partial charge in [-0.15, -0.1) is 0 Å². The van der Waals surface area contributed by atoms with E-state index in [2.05, 4.69) is 38.5 Å². The molecule has 1 saturated heterocycles. The van der Waals surface area contributed by atoms with Crippen LogP contribution in [0.4, 0.5) is 13.6 Å². The summed E-state index contributed by atoms with van der Waals surface area (Å²) >= 11 is 7.00. The highest BCUT2D eigenvalue weighted by molar-refractivity contribution is 14.1. The van der Waals surface area contributed by atoms with Crippen molar-refractivity contribution >= 4 is 55.5 Å². The zero-order valence-electron chi connectivity index (χ0n) is 9.08. The van der Waals surface area contributed by atoms with Crippen molar-refractivity contribution in [3.05, 3.63) is 21.4 Å². The van der Waals surface area contributed by atoms with Crippen molar-refractivity contribution < 1.29 is 13.6 Å². The molecule has 3 unspecified atom stereocenters. The van der Waals surface area contributed by atoms with Gasteiger partial charge < -0.3 is 4.90 Å². The molecule has 1 amide bonds. The third-order valence-electron chi connectivity index (χ3n) is 3.35. The molecule has 0 aromatic heterocycles. The largest absolute Gasteiger partial charge is 0.305 e. The number of carbonyl (C=O) groups is 1. The van der Waals surface area contributed by atoms with Gasteiger partial charge in [0.2, 0.25) is 0 Å². The zero-order valence-corrected chi connectivity index (χ0v) is 13.6. The second-order valence-corrected chi connectivity index (χ2v) is 7.95. The van der Waals surface area contributed by atoms with Crippen LogP contribution >= 0.6 is 50.3 Å². The maximum atomic E-state index is 13.0. The number of allylic oxidation sites excluding steroid dienone is 3. The van der Waals surface area contributed by atoms with Crippen LogP contribution in [0, 0.1) is 5.92 Å². The molecule has 1 heterocycles. The minimum atomic E-state index is -2.57. The monoisotopic (exact) mass is 447 g/mol. The van der Waals surface area contributed by atoms with Crippen LogP contribution in [0.5, 0.6) is 0 Å². The summed E-state index contributed by atoms with van der Waals surface area (Å²) in [5.74, 6) is -3.24. The molecule has 2 fully saturated rings. The van der Waals surface area contributed by atoms with Gasteiger partial charge in [0.05, 0.1) is 10.1 Å². The van der Waals surface area contributed by atoms with Crippen molar-refractivity contribution in [2.24, 2.45) is 5.92 Å². The second kappa shape index (κ2) is 4.44. The molecule has 0 bridgehead atoms. The number of fused-ring (bicyclic) bond motifs is 1. The Kier molecular flexibility index (Phi) is 3.30. The summed E-state index contributed by atoms with van der Waals surface area (Å²) in [5, 5.41) is -0.0975. The van der Waals surface area contributed by atoms with Crippen molar-refractivity contribution in [3.8, 4) is 0 Å². The molecule has 7 heteroatoms. The van der Waals surface area contributed by atoms with E-state index in [4.69, 9.17) is 0 Å². The molecule has 0 radical (unpaired) electrons. The van der Waals surface area contributed by atoms with E-state index in [0.29, 0.717) is 0 Å². The summed E-state index contributed by atoms with van der Waals surface area (Å²) < 4.78 is 27.0. The molecule has 0 aromatic rings. The van der Waals surface area contributed by atoms with Crippen LogP contribution in [-0.4, -0.2) is 32.7 Å². The van der Waals surface area contributed by atoms with Gasteiger partial charge in [-0.2, -0.15) is 0 Å². The Morgan fingerprint density at radius 1 is 1.56 bits per heavy atom. The summed E-state index contributed by atoms with van der Waals surface area (Å²) in [6.07, 6.45) is 3.72. The first-order chi connectivity index (χ1) is 8.40. The van der Waals surface area contributed by atoms with Gasteiger partial charge in [-0.3, -0.25) is 4.79 Å². The number of amides is 1. The molecular formula is C11H9BrF2INOS. The summed E-state index contributed by atoms with van der Waals surface area (Å²) in [7, 11) is 0. The fraction of sp³-hybridized carbons (Fsp3) is 0.545. The molecule has 3 aliphatic rings. The Hall–Kier alpha value is 0.370. The Bertz CT molecular complexity index is 482. The molecule has 1 aliphatic heterocycles. The first kappa shape index (κ1) is 13.4. The van der Waals surface area contributed by atoms with Crippen molar-refractivity contribution in [2.45, 2.75) is 22.4 Å². The predicted octanol–water partition coefficient (Wildman–Crippen LogP) is 4.16. The van der Waals surface area contributed by atoms with Gasteiger partial charge in [-0.25, -0.2) is 8.78 Å². The Balaban J connectivity index is 1.81. The number of halogens is 4. The van der Waals surface area contributed by atoms with Gasteiger partial charge in [-0.05, 0) is 34.7 Å². The van der Waals surface area contributed by atoms with E-state index >= 15 is 0 Å². The van der Waals surface area contributed by atoms with E-state index < -0.39 is 11.8 Å². The highest BCUT2D eigenvalue weighted by Crippen LogP contribution is 2.52. The van der Waals surface area contributed by atoms with Crippen LogP contribution in [0.3, 0.4) is 0 Å². The highest BCUT2D eigenvalue weighted by atomic mass is 127. The molecule has 3 rings (SSSR count). The van der Waals surface area contributed by atoms with Crippen molar-refractivity contribution in [3.63, 3.8) is 0 Å². The maximum absolute atomic E-state index is 13.0. The number of rotatable bonds is 2. The van der Waals surface area contributed by atoms with Crippen LogP contribution in [0.25, 0.3) is 0 Å². The van der Waals surface area contributed by atoms with Gasteiger partial charge in [0.15, 0.2) is 0 Å². The number of thioether (sulfide) groups is 1. The van der Waals surface area contributed by atoms with Gasteiger partial charge in [0.1, 0.15) is 0 Å². The predicted molar refractivity (Wildman–Crippen MR) is 79.4 cm³/mol. The normalized spacial score (nSPS) is 37.2. The Morgan fingerprint density at radius 3 is 2.83 bits per heavy atom. The van der Waals surface area contributed by atoms with Crippen LogP contribution < -0.4 is 0 Å². The Morgan fingerprint density at radius 2 is 2.22 bits per heavy atom. The fourth-order valence-corrected chi connectivity index (χ4v) is 4.80. The first-order valence-electron chi connectivity index (χ1n) is 5.47. The van der Waals surface area contributed by atoms with E-state index in [0.717, 1.165) is 9.28 Å². The van der Waals surface area contributed by atoms with Crippen LogP contribution in [0.1, 0.15) is 6.42 Å². The summed E-state index contributed by atoms with van der Waals surface area (Å²) in [5.41, 5.74) is 0.856. The maximum Gasteiger partial charge on any atom is 0.286 e. The van der Waals surface area contributed by atoms with Gasteiger partial charge in [0.25, 0.3) is 11.2 Å². The third-order valence-corrected chi connectivity index (χ3v) is 7.80. The van der Waals surface area contributed by atoms with E-state index in [1.165, 1.54) is 16.7 Å². The molecule has 0 spiro atoms. The quantitative estimate of drug-likeness (QED) is 0.468. The average molecular weight is 448 g/mol. The van der Waals surface area contributed by atoms with E-state index in [1.807, 2.05) is 12.2 Å². The molecule has 18 heavy (non-hydrogen) atoms. The van der Waals surface area contributed by atoms with Crippen LogP contribution in [0.2, 0.25) is 0 Å². The molecule has 1 saturated carbocycles. The van der Waals surface area contributed by atoms with Crippen LogP contribution in [-0.2, 0) is 0 Å². The van der Waals surface area contributed by atoms with Gasteiger partial charge in [0, 0.05) is 28.2 Å². The Labute approximate surface area is 129 Å². The number of hydrogen-bond donors (Lipinski definition) is 0. The van der Waals surface area contributed by atoms with Crippen LogP contribution in [0.15, 0.2) is 21.4 Å². The van der Waals surface area contributed by atoms with Crippen molar-refractivity contribution in [1.29, 1.82) is 0 Å². The zero-order chi connectivity index (χ0) is 13.1. The van der Waals surface area contributed by atoms with E-state index in [-0.39, 0.29) is 28.3 Å². The summed E-state index contributed by atoms with van der Waals surface area (Å²) in [6, 6.07) is 0. The standard InChI is InChI=1S/C11H9BrF2INOS/c12-8-6(15)1-2-7-9(8)18-10(17)16(7)4-5-3-11(5,13)14/h1-2,5,8-9H,3-4H2.